The second-order valence-corrected chi connectivity index (χ2v) is 5.14. The molecule has 0 saturated carbocycles. The van der Waals surface area contributed by atoms with Crippen LogP contribution in [0.1, 0.15) is 22.9 Å². The fourth-order valence-electron chi connectivity index (χ4n) is 1.66. The summed E-state index contributed by atoms with van der Waals surface area (Å²) >= 11 is 7.81. The van der Waals surface area contributed by atoms with E-state index in [0.717, 1.165) is 17.9 Å². The quantitative estimate of drug-likeness (QED) is 0.872. The molecule has 0 bridgehead atoms. The molecule has 0 radical (unpaired) electrons. The molecule has 1 aromatic heterocycles. The molecule has 3 heteroatoms. The first-order valence-corrected chi connectivity index (χ1v) is 6.55. The number of hydrogen-bond acceptors (Lipinski definition) is 2. The molecule has 0 aliphatic rings. The highest BCUT2D eigenvalue weighted by Gasteiger charge is 2.08. The van der Waals surface area contributed by atoms with E-state index < -0.39 is 0 Å². The summed E-state index contributed by atoms with van der Waals surface area (Å²) in [6.45, 7) is 0. The average molecular weight is 252 g/mol. The molecular formula is C13H14ClNS. The summed E-state index contributed by atoms with van der Waals surface area (Å²) in [5, 5.41) is 2.89. The van der Waals surface area contributed by atoms with Gasteiger partial charge in [0.1, 0.15) is 0 Å². The Morgan fingerprint density at radius 2 is 2.00 bits per heavy atom. The molecule has 84 valence electrons. The third-order valence-corrected chi connectivity index (χ3v) is 3.96. The molecule has 0 saturated heterocycles. The van der Waals surface area contributed by atoms with Crippen LogP contribution in [0.25, 0.3) is 0 Å². The summed E-state index contributed by atoms with van der Waals surface area (Å²) in [5.74, 6) is 0. The van der Waals surface area contributed by atoms with Gasteiger partial charge in [-0.15, -0.1) is 11.3 Å². The lowest BCUT2D eigenvalue weighted by Crippen LogP contribution is -2.09. The lowest BCUT2D eigenvalue weighted by atomic mass is 10.0. The SMILES string of the molecule is NC(CCc1ccccc1Cl)c1cccs1. The molecule has 1 heterocycles. The first-order chi connectivity index (χ1) is 7.77. The number of hydrogen-bond donors (Lipinski definition) is 1. The largest absolute Gasteiger partial charge is 0.323 e. The molecule has 16 heavy (non-hydrogen) atoms. The van der Waals surface area contributed by atoms with Gasteiger partial charge >= 0.3 is 0 Å². The van der Waals surface area contributed by atoms with E-state index in [0.29, 0.717) is 0 Å². The van der Waals surface area contributed by atoms with Crippen molar-refractivity contribution < 1.29 is 0 Å². The van der Waals surface area contributed by atoms with E-state index in [-0.39, 0.29) is 6.04 Å². The zero-order valence-corrected chi connectivity index (χ0v) is 10.5. The zero-order chi connectivity index (χ0) is 11.4. The van der Waals surface area contributed by atoms with Crippen LogP contribution in [0.4, 0.5) is 0 Å². The Labute approximate surface area is 105 Å². The molecule has 2 rings (SSSR count). The van der Waals surface area contributed by atoms with Crippen LogP contribution in [0.15, 0.2) is 41.8 Å². The van der Waals surface area contributed by atoms with Gasteiger partial charge in [-0.05, 0) is 35.9 Å². The summed E-state index contributed by atoms with van der Waals surface area (Å²) in [7, 11) is 0. The van der Waals surface area contributed by atoms with E-state index in [4.69, 9.17) is 17.3 Å². The number of nitrogens with two attached hydrogens (primary N) is 1. The first kappa shape index (κ1) is 11.6. The third-order valence-electron chi connectivity index (χ3n) is 2.59. The van der Waals surface area contributed by atoms with Crippen molar-refractivity contribution in [3.63, 3.8) is 0 Å². The summed E-state index contributed by atoms with van der Waals surface area (Å²) in [6, 6.07) is 12.2. The van der Waals surface area contributed by atoms with Crippen molar-refractivity contribution in [1.29, 1.82) is 0 Å². The summed E-state index contributed by atoms with van der Waals surface area (Å²) in [4.78, 5) is 1.24. The van der Waals surface area contributed by atoms with E-state index in [1.54, 1.807) is 11.3 Å². The van der Waals surface area contributed by atoms with E-state index in [9.17, 15) is 0 Å². The van der Waals surface area contributed by atoms with Crippen LogP contribution in [0.5, 0.6) is 0 Å². The maximum absolute atomic E-state index is 6.10. The second-order valence-electron chi connectivity index (χ2n) is 3.75. The zero-order valence-electron chi connectivity index (χ0n) is 8.90. The van der Waals surface area contributed by atoms with Gasteiger partial charge in [-0.1, -0.05) is 35.9 Å². The van der Waals surface area contributed by atoms with Gasteiger partial charge in [0, 0.05) is 15.9 Å². The van der Waals surface area contributed by atoms with Crippen molar-refractivity contribution in [2.75, 3.05) is 0 Å². The number of thiophene rings is 1. The van der Waals surface area contributed by atoms with E-state index in [1.165, 1.54) is 10.4 Å². The van der Waals surface area contributed by atoms with Gasteiger partial charge in [0.25, 0.3) is 0 Å². The van der Waals surface area contributed by atoms with Crippen LogP contribution in [-0.2, 0) is 6.42 Å². The molecule has 0 spiro atoms. The molecule has 1 unspecified atom stereocenters. The van der Waals surface area contributed by atoms with Gasteiger partial charge in [0.2, 0.25) is 0 Å². The van der Waals surface area contributed by atoms with E-state index in [1.807, 2.05) is 24.3 Å². The Morgan fingerprint density at radius 3 is 2.69 bits per heavy atom. The highest BCUT2D eigenvalue weighted by molar-refractivity contribution is 7.10. The molecule has 0 aliphatic heterocycles. The maximum Gasteiger partial charge on any atom is 0.0437 e. The number of halogens is 1. The number of aryl methyl sites for hydroxylation is 1. The highest BCUT2D eigenvalue weighted by atomic mass is 35.5. The van der Waals surface area contributed by atoms with Crippen LogP contribution in [0.2, 0.25) is 5.02 Å². The molecule has 0 aliphatic carbocycles. The monoisotopic (exact) mass is 251 g/mol. The average Bonchev–Trinajstić information content (AvgIpc) is 2.81. The van der Waals surface area contributed by atoms with Crippen LogP contribution >= 0.6 is 22.9 Å². The molecule has 1 atom stereocenters. The molecule has 2 N–H and O–H groups in total. The smallest absolute Gasteiger partial charge is 0.0437 e. The summed E-state index contributed by atoms with van der Waals surface area (Å²) < 4.78 is 0. The maximum atomic E-state index is 6.10. The molecule has 1 nitrogen and oxygen atoms in total. The van der Waals surface area contributed by atoms with Crippen molar-refractivity contribution in [3.8, 4) is 0 Å². The minimum absolute atomic E-state index is 0.122. The Balaban J connectivity index is 1.95. The van der Waals surface area contributed by atoms with Crippen LogP contribution in [-0.4, -0.2) is 0 Å². The van der Waals surface area contributed by atoms with Gasteiger partial charge in [-0.2, -0.15) is 0 Å². The predicted molar refractivity (Wildman–Crippen MR) is 71.0 cm³/mol. The Bertz CT molecular complexity index is 439. The molecular weight excluding hydrogens is 238 g/mol. The van der Waals surface area contributed by atoms with E-state index >= 15 is 0 Å². The molecule has 2 aromatic rings. The van der Waals surface area contributed by atoms with Crippen molar-refractivity contribution in [2.24, 2.45) is 5.73 Å². The molecule has 0 fully saturated rings. The van der Waals surface area contributed by atoms with Crippen molar-refractivity contribution >= 4 is 22.9 Å². The fourth-order valence-corrected chi connectivity index (χ4v) is 2.65. The minimum atomic E-state index is 0.122. The van der Waals surface area contributed by atoms with Gasteiger partial charge in [0.05, 0.1) is 0 Å². The fraction of sp³-hybridized carbons (Fsp3) is 0.231. The summed E-state index contributed by atoms with van der Waals surface area (Å²) in [6.07, 6.45) is 1.86. The van der Waals surface area contributed by atoms with Crippen molar-refractivity contribution in [3.05, 3.63) is 57.2 Å². The topological polar surface area (TPSA) is 26.0 Å². The first-order valence-electron chi connectivity index (χ1n) is 5.30. The molecule has 0 amide bonds. The van der Waals surface area contributed by atoms with Crippen LogP contribution in [0.3, 0.4) is 0 Å². The highest BCUT2D eigenvalue weighted by Crippen LogP contribution is 2.23. The predicted octanol–water partition coefficient (Wildman–Crippen LogP) is 4.03. The molecule has 1 aromatic carbocycles. The lowest BCUT2D eigenvalue weighted by molar-refractivity contribution is 0.662. The Kier molecular flexibility index (Phi) is 3.99. The lowest BCUT2D eigenvalue weighted by Gasteiger charge is -2.10. The standard InChI is InChI=1S/C13H14ClNS/c14-11-5-2-1-4-10(11)7-8-12(15)13-6-3-9-16-13/h1-6,9,12H,7-8,15H2. The van der Waals surface area contributed by atoms with Crippen molar-refractivity contribution in [1.82, 2.24) is 0 Å². The third kappa shape index (κ3) is 2.85. The van der Waals surface area contributed by atoms with Gasteiger partial charge in [0.15, 0.2) is 0 Å². The van der Waals surface area contributed by atoms with Gasteiger partial charge in [-0.25, -0.2) is 0 Å². The second kappa shape index (κ2) is 5.48. The van der Waals surface area contributed by atoms with E-state index in [2.05, 4.69) is 17.5 Å². The number of benzene rings is 1. The van der Waals surface area contributed by atoms with Crippen LogP contribution in [0, 0.1) is 0 Å². The number of rotatable bonds is 4. The van der Waals surface area contributed by atoms with Gasteiger partial charge < -0.3 is 5.73 Å². The minimum Gasteiger partial charge on any atom is -0.323 e. The summed E-state index contributed by atoms with van der Waals surface area (Å²) in [5.41, 5.74) is 7.28. The Morgan fingerprint density at radius 1 is 1.19 bits per heavy atom. The van der Waals surface area contributed by atoms with Gasteiger partial charge in [-0.3, -0.25) is 0 Å². The van der Waals surface area contributed by atoms with Crippen molar-refractivity contribution in [2.45, 2.75) is 18.9 Å². The normalized spacial score (nSPS) is 12.6. The van der Waals surface area contributed by atoms with Crippen LogP contribution < -0.4 is 5.73 Å². The Hall–Kier alpha value is -0.830.